The normalized spacial score (nSPS) is 11.0. The molecule has 0 saturated carbocycles. The van der Waals surface area contributed by atoms with Crippen molar-refractivity contribution >= 4 is 27.3 Å². The summed E-state index contributed by atoms with van der Waals surface area (Å²) in [7, 11) is -1.87. The molecule has 21 heavy (non-hydrogen) atoms. The van der Waals surface area contributed by atoms with Crippen LogP contribution in [0, 0.1) is 10.1 Å². The lowest BCUT2D eigenvalue weighted by molar-refractivity contribution is -0.384. The second kappa shape index (κ2) is 6.99. The molecule has 0 unspecified atom stereocenters. The standard InChI is InChI=1S/C11H16N4O5S/c1-12-11(16)8-3-4-10(15(17)18)9(7-8)13-5-6-14-21(2,19)20/h3-4,7,13-14H,5-6H2,1-2H3,(H,12,16). The average molecular weight is 316 g/mol. The van der Waals surface area contributed by atoms with Gasteiger partial charge in [0.2, 0.25) is 10.0 Å². The number of hydrogen-bond acceptors (Lipinski definition) is 6. The van der Waals surface area contributed by atoms with Crippen LogP contribution in [0.3, 0.4) is 0 Å². The molecule has 116 valence electrons. The van der Waals surface area contributed by atoms with Crippen LogP contribution in [0.15, 0.2) is 18.2 Å². The lowest BCUT2D eigenvalue weighted by Crippen LogP contribution is -2.27. The first-order chi connectivity index (χ1) is 9.74. The van der Waals surface area contributed by atoms with Crippen LogP contribution >= 0.6 is 0 Å². The van der Waals surface area contributed by atoms with E-state index in [4.69, 9.17) is 0 Å². The van der Waals surface area contributed by atoms with Crippen LogP contribution in [-0.2, 0) is 10.0 Å². The largest absolute Gasteiger partial charge is 0.378 e. The van der Waals surface area contributed by atoms with E-state index in [1.54, 1.807) is 0 Å². The number of sulfonamides is 1. The van der Waals surface area contributed by atoms with Crippen LogP contribution in [0.1, 0.15) is 10.4 Å². The molecule has 0 aliphatic rings. The Bertz CT molecular complexity index is 644. The van der Waals surface area contributed by atoms with E-state index in [2.05, 4.69) is 15.4 Å². The number of benzene rings is 1. The van der Waals surface area contributed by atoms with E-state index in [1.165, 1.54) is 25.2 Å². The molecule has 0 aromatic heterocycles. The van der Waals surface area contributed by atoms with Crippen LogP contribution in [0.4, 0.5) is 11.4 Å². The highest BCUT2D eigenvalue weighted by molar-refractivity contribution is 7.88. The number of nitro groups is 1. The third kappa shape index (κ3) is 5.36. The molecule has 0 aliphatic heterocycles. The van der Waals surface area contributed by atoms with E-state index in [9.17, 15) is 23.3 Å². The van der Waals surface area contributed by atoms with Crippen molar-refractivity contribution in [2.45, 2.75) is 0 Å². The van der Waals surface area contributed by atoms with Crippen molar-refractivity contribution < 1.29 is 18.1 Å². The fourth-order valence-electron chi connectivity index (χ4n) is 1.56. The van der Waals surface area contributed by atoms with E-state index < -0.39 is 14.9 Å². The van der Waals surface area contributed by atoms with Crippen LogP contribution in [0.25, 0.3) is 0 Å². The lowest BCUT2D eigenvalue weighted by atomic mass is 10.1. The number of rotatable bonds is 7. The topological polar surface area (TPSA) is 130 Å². The number of carbonyl (C=O) groups excluding carboxylic acids is 1. The first kappa shape index (κ1) is 16.9. The first-order valence-corrected chi connectivity index (χ1v) is 7.83. The van der Waals surface area contributed by atoms with Gasteiger partial charge in [-0.25, -0.2) is 13.1 Å². The molecule has 0 radical (unpaired) electrons. The summed E-state index contributed by atoms with van der Waals surface area (Å²) in [6.45, 7) is 0.214. The fraction of sp³-hybridized carbons (Fsp3) is 0.364. The monoisotopic (exact) mass is 316 g/mol. The van der Waals surface area contributed by atoms with Gasteiger partial charge in [0.15, 0.2) is 0 Å². The predicted molar refractivity (Wildman–Crippen MR) is 77.8 cm³/mol. The van der Waals surface area contributed by atoms with Crippen molar-refractivity contribution in [1.29, 1.82) is 0 Å². The summed E-state index contributed by atoms with van der Waals surface area (Å²) < 4.78 is 24.0. The average Bonchev–Trinajstić information content (AvgIpc) is 2.41. The smallest absolute Gasteiger partial charge is 0.292 e. The fourth-order valence-corrected chi connectivity index (χ4v) is 2.03. The number of nitrogens with zero attached hydrogens (tertiary/aromatic N) is 1. The van der Waals surface area contributed by atoms with Gasteiger partial charge in [-0.05, 0) is 12.1 Å². The molecule has 0 fully saturated rings. The van der Waals surface area contributed by atoms with Gasteiger partial charge in [-0.15, -0.1) is 0 Å². The Kier molecular flexibility index (Phi) is 5.61. The second-order valence-corrected chi connectivity index (χ2v) is 5.99. The van der Waals surface area contributed by atoms with E-state index in [1.807, 2.05) is 0 Å². The Morgan fingerprint density at radius 1 is 1.33 bits per heavy atom. The minimum Gasteiger partial charge on any atom is -0.378 e. The summed E-state index contributed by atoms with van der Waals surface area (Å²) in [6, 6.07) is 3.91. The van der Waals surface area contributed by atoms with E-state index >= 15 is 0 Å². The molecule has 1 amide bonds. The molecule has 0 bridgehead atoms. The van der Waals surface area contributed by atoms with Crippen molar-refractivity contribution in [2.24, 2.45) is 0 Å². The highest BCUT2D eigenvalue weighted by atomic mass is 32.2. The van der Waals surface area contributed by atoms with Gasteiger partial charge in [-0.1, -0.05) is 0 Å². The molecule has 1 rings (SSSR count). The number of nitro benzene ring substituents is 1. The third-order valence-corrected chi connectivity index (χ3v) is 3.22. The number of anilines is 1. The maximum Gasteiger partial charge on any atom is 0.292 e. The van der Waals surface area contributed by atoms with Gasteiger partial charge in [-0.2, -0.15) is 0 Å². The van der Waals surface area contributed by atoms with Gasteiger partial charge in [0.05, 0.1) is 11.2 Å². The van der Waals surface area contributed by atoms with Crippen molar-refractivity contribution in [1.82, 2.24) is 10.0 Å². The molecule has 3 N–H and O–H groups in total. The van der Waals surface area contributed by atoms with Gasteiger partial charge < -0.3 is 10.6 Å². The Hall–Kier alpha value is -2.20. The zero-order chi connectivity index (χ0) is 16.0. The number of carbonyl (C=O) groups is 1. The van der Waals surface area contributed by atoms with Gasteiger partial charge in [0.25, 0.3) is 11.6 Å². The summed E-state index contributed by atoms with van der Waals surface area (Å²) in [5.41, 5.74) is 0.222. The predicted octanol–water partition coefficient (Wildman–Crippen LogP) is -0.0845. The molecule has 9 nitrogen and oxygen atoms in total. The Balaban J connectivity index is 2.86. The molecule has 1 aromatic carbocycles. The summed E-state index contributed by atoms with van der Waals surface area (Å²) in [6.07, 6.45) is 1.02. The zero-order valence-corrected chi connectivity index (χ0v) is 12.4. The van der Waals surface area contributed by atoms with Gasteiger partial charge in [0, 0.05) is 31.8 Å². The van der Waals surface area contributed by atoms with Crippen molar-refractivity contribution in [2.75, 3.05) is 31.7 Å². The quantitative estimate of drug-likeness (QED) is 0.366. The highest BCUT2D eigenvalue weighted by Gasteiger charge is 2.16. The Labute approximate surface area is 121 Å². The molecular formula is C11H16N4O5S. The highest BCUT2D eigenvalue weighted by Crippen LogP contribution is 2.25. The number of nitrogens with one attached hydrogen (secondary N) is 3. The van der Waals surface area contributed by atoms with Crippen molar-refractivity contribution in [3.8, 4) is 0 Å². The zero-order valence-electron chi connectivity index (χ0n) is 11.5. The van der Waals surface area contributed by atoms with E-state index in [0.717, 1.165) is 6.26 Å². The molecule has 0 heterocycles. The number of amides is 1. The maximum atomic E-state index is 11.5. The summed E-state index contributed by atoms with van der Waals surface area (Å²) in [4.78, 5) is 21.8. The van der Waals surface area contributed by atoms with Crippen molar-refractivity contribution in [3.63, 3.8) is 0 Å². The van der Waals surface area contributed by atoms with Gasteiger partial charge >= 0.3 is 0 Å². The van der Waals surface area contributed by atoms with Crippen LogP contribution in [0.5, 0.6) is 0 Å². The molecule has 0 saturated heterocycles. The summed E-state index contributed by atoms with van der Waals surface area (Å²) >= 11 is 0. The first-order valence-electron chi connectivity index (χ1n) is 5.93. The molecule has 0 aliphatic carbocycles. The summed E-state index contributed by atoms with van der Waals surface area (Å²) in [5, 5.41) is 16.1. The van der Waals surface area contributed by atoms with Gasteiger partial charge in [-0.3, -0.25) is 14.9 Å². The molecule has 0 spiro atoms. The maximum absolute atomic E-state index is 11.5. The Morgan fingerprint density at radius 3 is 2.52 bits per heavy atom. The summed E-state index contributed by atoms with van der Waals surface area (Å²) in [5.74, 6) is -0.373. The molecule has 1 aromatic rings. The molecular weight excluding hydrogens is 300 g/mol. The van der Waals surface area contributed by atoms with Crippen LogP contribution in [-0.4, -0.2) is 45.6 Å². The molecule has 10 heteroatoms. The molecule has 0 atom stereocenters. The number of hydrogen-bond donors (Lipinski definition) is 3. The van der Waals surface area contributed by atoms with Crippen LogP contribution < -0.4 is 15.4 Å². The minimum absolute atomic E-state index is 0.0696. The van der Waals surface area contributed by atoms with E-state index in [-0.39, 0.29) is 35.9 Å². The lowest BCUT2D eigenvalue weighted by Gasteiger charge is -2.09. The van der Waals surface area contributed by atoms with Gasteiger partial charge in [0.1, 0.15) is 5.69 Å². The van der Waals surface area contributed by atoms with E-state index in [0.29, 0.717) is 0 Å². The SMILES string of the molecule is CNC(=O)c1ccc([N+](=O)[O-])c(NCCNS(C)(=O)=O)c1. The minimum atomic E-state index is -3.32. The third-order valence-electron chi connectivity index (χ3n) is 2.49. The second-order valence-electron chi connectivity index (χ2n) is 4.16. The van der Waals surface area contributed by atoms with Crippen LogP contribution in [0.2, 0.25) is 0 Å². The Morgan fingerprint density at radius 2 is 2.00 bits per heavy atom. The van der Waals surface area contributed by atoms with Crippen molar-refractivity contribution in [3.05, 3.63) is 33.9 Å².